The number of hydrogen-bond donors (Lipinski definition) is 2. The first-order chi connectivity index (χ1) is 11.7. The van der Waals surface area contributed by atoms with Crippen LogP contribution in [0.25, 0.3) is 0 Å². The highest BCUT2D eigenvalue weighted by Crippen LogP contribution is 2.06. The van der Waals surface area contributed by atoms with Gasteiger partial charge in [-0.2, -0.15) is 0 Å². The lowest BCUT2D eigenvalue weighted by Crippen LogP contribution is -2.37. The summed E-state index contributed by atoms with van der Waals surface area (Å²) in [5, 5.41) is 6.66. The molecule has 1 aromatic heterocycles. The average Bonchev–Trinajstić information content (AvgIpc) is 2.59. The summed E-state index contributed by atoms with van der Waals surface area (Å²) < 4.78 is 0. The zero-order valence-corrected chi connectivity index (χ0v) is 14.8. The van der Waals surface area contributed by atoms with Gasteiger partial charge in [-0.25, -0.2) is 0 Å². The number of rotatable bonds is 7. The van der Waals surface area contributed by atoms with Crippen molar-refractivity contribution in [3.63, 3.8) is 0 Å². The van der Waals surface area contributed by atoms with E-state index in [1.807, 2.05) is 24.4 Å². The molecule has 0 aliphatic heterocycles. The molecule has 0 unspecified atom stereocenters. The number of guanidine groups is 1. The van der Waals surface area contributed by atoms with Crippen molar-refractivity contribution in [2.24, 2.45) is 4.99 Å². The fraction of sp³-hybridized carbons (Fsp3) is 0.368. The van der Waals surface area contributed by atoms with E-state index in [1.54, 1.807) is 7.05 Å². The lowest BCUT2D eigenvalue weighted by atomic mass is 10.1. The Morgan fingerprint density at radius 2 is 1.79 bits per heavy atom. The summed E-state index contributed by atoms with van der Waals surface area (Å²) in [7, 11) is 5.95. The Labute approximate surface area is 144 Å². The summed E-state index contributed by atoms with van der Waals surface area (Å²) in [4.78, 5) is 10.7. The maximum Gasteiger partial charge on any atom is 0.191 e. The summed E-state index contributed by atoms with van der Waals surface area (Å²) in [5.41, 5.74) is 3.64. The largest absolute Gasteiger partial charge is 0.356 e. The minimum absolute atomic E-state index is 0.755. The lowest BCUT2D eigenvalue weighted by Gasteiger charge is -2.13. The Balaban J connectivity index is 1.75. The molecule has 5 nitrogen and oxygen atoms in total. The highest BCUT2D eigenvalue weighted by atomic mass is 15.2. The van der Waals surface area contributed by atoms with Crippen LogP contribution in [0.1, 0.15) is 16.8 Å². The second-order valence-corrected chi connectivity index (χ2v) is 5.98. The average molecular weight is 325 g/mol. The molecule has 0 saturated heterocycles. The second kappa shape index (κ2) is 9.67. The van der Waals surface area contributed by atoms with Gasteiger partial charge in [-0.1, -0.05) is 30.3 Å². The Morgan fingerprint density at radius 1 is 1.04 bits per heavy atom. The molecule has 0 amide bonds. The van der Waals surface area contributed by atoms with E-state index in [4.69, 9.17) is 0 Å². The minimum Gasteiger partial charge on any atom is -0.356 e. The molecule has 2 rings (SSSR count). The fourth-order valence-electron chi connectivity index (χ4n) is 2.39. The smallest absolute Gasteiger partial charge is 0.191 e. The van der Waals surface area contributed by atoms with Gasteiger partial charge in [-0.05, 0) is 37.4 Å². The van der Waals surface area contributed by atoms with Crippen LogP contribution in [0.4, 0.5) is 0 Å². The van der Waals surface area contributed by atoms with Crippen LogP contribution in [-0.4, -0.2) is 43.5 Å². The van der Waals surface area contributed by atoms with Crippen LogP contribution in [-0.2, 0) is 19.5 Å². The molecule has 0 bridgehead atoms. The van der Waals surface area contributed by atoms with E-state index in [9.17, 15) is 0 Å². The summed E-state index contributed by atoms with van der Waals surface area (Å²) >= 11 is 0. The first-order valence-electron chi connectivity index (χ1n) is 8.24. The molecule has 24 heavy (non-hydrogen) atoms. The van der Waals surface area contributed by atoms with Crippen LogP contribution in [0.3, 0.4) is 0 Å². The van der Waals surface area contributed by atoms with Gasteiger partial charge in [0.1, 0.15) is 0 Å². The number of aromatic nitrogens is 1. The van der Waals surface area contributed by atoms with Gasteiger partial charge in [0.05, 0.1) is 0 Å². The van der Waals surface area contributed by atoms with Crippen LogP contribution in [0, 0.1) is 0 Å². The quantitative estimate of drug-likeness (QED) is 0.604. The Morgan fingerprint density at radius 3 is 2.42 bits per heavy atom. The summed E-state index contributed by atoms with van der Waals surface area (Å²) in [6.45, 7) is 2.52. The van der Waals surface area contributed by atoms with Gasteiger partial charge in [0.15, 0.2) is 5.96 Å². The number of nitrogens with one attached hydrogen (secondary N) is 2. The minimum atomic E-state index is 0.755. The van der Waals surface area contributed by atoms with Crippen LogP contribution >= 0.6 is 0 Å². The number of aliphatic imine (C=N–C) groups is 1. The maximum absolute atomic E-state index is 4.32. The number of pyridine rings is 1. The summed E-state index contributed by atoms with van der Waals surface area (Å²) in [6.07, 6.45) is 2.70. The molecule has 128 valence electrons. The van der Waals surface area contributed by atoms with Gasteiger partial charge < -0.3 is 15.5 Å². The molecule has 2 N–H and O–H groups in total. The molecule has 0 aliphatic rings. The first-order valence-corrected chi connectivity index (χ1v) is 8.24. The summed E-state index contributed by atoms with van der Waals surface area (Å²) in [6, 6.07) is 14.6. The molecule has 0 fully saturated rings. The van der Waals surface area contributed by atoms with Gasteiger partial charge in [-0.3, -0.25) is 9.98 Å². The molecule has 2 aromatic rings. The van der Waals surface area contributed by atoms with Crippen molar-refractivity contribution in [2.75, 3.05) is 27.7 Å². The van der Waals surface area contributed by atoms with Crippen molar-refractivity contribution in [3.05, 3.63) is 65.5 Å². The zero-order valence-electron chi connectivity index (χ0n) is 14.8. The molecule has 0 spiro atoms. The highest BCUT2D eigenvalue weighted by Gasteiger charge is 2.00. The molecule has 1 aromatic carbocycles. The van der Waals surface area contributed by atoms with Gasteiger partial charge in [-0.15, -0.1) is 0 Å². The molecular formula is C19H27N5. The Hall–Kier alpha value is -2.40. The predicted molar refractivity (Wildman–Crippen MR) is 100.0 cm³/mol. The zero-order chi connectivity index (χ0) is 17.2. The predicted octanol–water partition coefficient (Wildman–Crippen LogP) is 2.05. The van der Waals surface area contributed by atoms with E-state index < -0.39 is 0 Å². The third-order valence-corrected chi connectivity index (χ3v) is 3.61. The molecule has 0 saturated carbocycles. The SMILES string of the molecule is CN=C(NCCc1ccccn1)NCc1ccc(CN(C)C)cc1. The van der Waals surface area contributed by atoms with Gasteiger partial charge >= 0.3 is 0 Å². The second-order valence-electron chi connectivity index (χ2n) is 5.98. The van der Waals surface area contributed by atoms with E-state index in [0.29, 0.717) is 0 Å². The highest BCUT2D eigenvalue weighted by molar-refractivity contribution is 5.79. The van der Waals surface area contributed by atoms with E-state index in [2.05, 4.69) is 63.9 Å². The number of benzene rings is 1. The Kier molecular flexibility index (Phi) is 7.23. The number of nitrogens with zero attached hydrogens (tertiary/aromatic N) is 3. The number of hydrogen-bond acceptors (Lipinski definition) is 3. The van der Waals surface area contributed by atoms with Crippen LogP contribution < -0.4 is 10.6 Å². The van der Waals surface area contributed by atoms with Crippen LogP contribution in [0.2, 0.25) is 0 Å². The lowest BCUT2D eigenvalue weighted by molar-refractivity contribution is 0.402. The van der Waals surface area contributed by atoms with Crippen molar-refractivity contribution in [1.82, 2.24) is 20.5 Å². The van der Waals surface area contributed by atoms with Gasteiger partial charge in [0.2, 0.25) is 0 Å². The van der Waals surface area contributed by atoms with Gasteiger partial charge in [0.25, 0.3) is 0 Å². The van der Waals surface area contributed by atoms with E-state index in [-0.39, 0.29) is 0 Å². The van der Waals surface area contributed by atoms with Crippen molar-refractivity contribution < 1.29 is 0 Å². The van der Waals surface area contributed by atoms with Crippen LogP contribution in [0.15, 0.2) is 53.7 Å². The van der Waals surface area contributed by atoms with E-state index >= 15 is 0 Å². The fourth-order valence-corrected chi connectivity index (χ4v) is 2.39. The topological polar surface area (TPSA) is 52.6 Å². The molecular weight excluding hydrogens is 298 g/mol. The summed E-state index contributed by atoms with van der Waals surface area (Å²) in [5.74, 6) is 0.809. The molecule has 0 aliphatic carbocycles. The van der Waals surface area contributed by atoms with Crippen molar-refractivity contribution in [1.29, 1.82) is 0 Å². The molecule has 5 heteroatoms. The van der Waals surface area contributed by atoms with Crippen molar-refractivity contribution >= 4 is 5.96 Å². The monoisotopic (exact) mass is 325 g/mol. The molecule has 0 radical (unpaired) electrons. The first kappa shape index (κ1) is 17.9. The van der Waals surface area contributed by atoms with Crippen LogP contribution in [0.5, 0.6) is 0 Å². The maximum atomic E-state index is 4.32. The molecule has 0 atom stereocenters. The van der Waals surface area contributed by atoms with Crippen molar-refractivity contribution in [3.8, 4) is 0 Å². The normalized spacial score (nSPS) is 11.6. The standard InChI is InChI=1S/C19H27N5/c1-20-19(22-13-11-18-6-4-5-12-21-18)23-14-16-7-9-17(10-8-16)15-24(2)3/h4-10,12H,11,13-15H2,1-3H3,(H2,20,22,23). The van der Waals surface area contributed by atoms with E-state index in [0.717, 1.165) is 37.7 Å². The third kappa shape index (κ3) is 6.38. The van der Waals surface area contributed by atoms with E-state index in [1.165, 1.54) is 11.1 Å². The third-order valence-electron chi connectivity index (χ3n) is 3.61. The molecule has 1 heterocycles. The van der Waals surface area contributed by atoms with Crippen molar-refractivity contribution in [2.45, 2.75) is 19.5 Å². The van der Waals surface area contributed by atoms with Gasteiger partial charge in [0, 0.05) is 45.0 Å². The Bertz CT molecular complexity index is 620.